The van der Waals surface area contributed by atoms with E-state index in [0.29, 0.717) is 30.1 Å². The van der Waals surface area contributed by atoms with Crippen molar-refractivity contribution in [1.82, 2.24) is 0 Å². The Kier molecular flexibility index (Phi) is 5.09. The van der Waals surface area contributed by atoms with E-state index in [1.54, 1.807) is 30.3 Å². The van der Waals surface area contributed by atoms with E-state index in [4.69, 9.17) is 0 Å². The minimum Gasteiger partial charge on any atom is -0.229 e. The number of hydrogen-bond donors (Lipinski definition) is 0. The van der Waals surface area contributed by atoms with Crippen molar-refractivity contribution in [2.45, 2.75) is 42.2 Å². The van der Waals surface area contributed by atoms with Gasteiger partial charge >= 0.3 is 0 Å². The maximum Gasteiger partial charge on any atom is 0.178 e. The fraction of sp³-hybridized carbons (Fsp3) is 0.600. The van der Waals surface area contributed by atoms with Gasteiger partial charge < -0.3 is 0 Å². The van der Waals surface area contributed by atoms with Gasteiger partial charge in [-0.2, -0.15) is 0 Å². The Morgan fingerprint density at radius 2 is 1.52 bits per heavy atom. The van der Waals surface area contributed by atoms with E-state index in [0.717, 1.165) is 12.8 Å². The Hall–Kier alpha value is -0.880. The van der Waals surface area contributed by atoms with Crippen LogP contribution in [-0.2, 0) is 19.7 Å². The van der Waals surface area contributed by atoms with Crippen molar-refractivity contribution in [1.29, 1.82) is 0 Å². The summed E-state index contributed by atoms with van der Waals surface area (Å²) in [5.41, 5.74) is 0. The van der Waals surface area contributed by atoms with E-state index in [9.17, 15) is 16.8 Å². The smallest absolute Gasteiger partial charge is 0.178 e. The summed E-state index contributed by atoms with van der Waals surface area (Å²) in [5, 5.41) is -0.237. The highest BCUT2D eigenvalue weighted by Gasteiger charge is 2.28. The molecule has 0 atom stereocenters. The summed E-state index contributed by atoms with van der Waals surface area (Å²) in [5.74, 6) is 0.465. The van der Waals surface area contributed by atoms with E-state index in [1.807, 2.05) is 0 Å². The Labute approximate surface area is 127 Å². The van der Waals surface area contributed by atoms with Crippen LogP contribution in [0.1, 0.15) is 32.1 Å². The molecule has 6 heteroatoms. The highest BCUT2D eigenvalue weighted by Crippen LogP contribution is 2.31. The fourth-order valence-electron chi connectivity index (χ4n) is 2.92. The predicted molar refractivity (Wildman–Crippen MR) is 83.7 cm³/mol. The third-order valence-electron chi connectivity index (χ3n) is 4.30. The molecule has 4 nitrogen and oxygen atoms in total. The van der Waals surface area contributed by atoms with Gasteiger partial charge in [-0.3, -0.25) is 0 Å². The van der Waals surface area contributed by atoms with Gasteiger partial charge in [0.15, 0.2) is 9.84 Å². The Morgan fingerprint density at radius 1 is 0.952 bits per heavy atom. The molecule has 0 aliphatic heterocycles. The molecule has 0 saturated heterocycles. The molecule has 1 aliphatic rings. The monoisotopic (exact) mass is 330 g/mol. The minimum absolute atomic E-state index is 0.144. The third-order valence-corrected chi connectivity index (χ3v) is 7.74. The molecular formula is C15H22O4S2. The molecule has 0 heterocycles. The quantitative estimate of drug-likeness (QED) is 0.831. The van der Waals surface area contributed by atoms with Crippen LogP contribution in [0.15, 0.2) is 35.2 Å². The van der Waals surface area contributed by atoms with Gasteiger partial charge in [0.25, 0.3) is 0 Å². The number of benzene rings is 1. The van der Waals surface area contributed by atoms with E-state index >= 15 is 0 Å². The number of sulfone groups is 2. The molecule has 0 N–H and O–H groups in total. The molecule has 1 aromatic carbocycles. The lowest BCUT2D eigenvalue weighted by Crippen LogP contribution is -2.27. The second-order valence-corrected chi connectivity index (χ2v) is 10.3. The topological polar surface area (TPSA) is 68.3 Å². The number of rotatable bonds is 5. The zero-order valence-electron chi connectivity index (χ0n) is 12.2. The van der Waals surface area contributed by atoms with Crippen molar-refractivity contribution >= 4 is 19.7 Å². The summed E-state index contributed by atoms with van der Waals surface area (Å²) in [6.07, 6.45) is 4.85. The van der Waals surface area contributed by atoms with Gasteiger partial charge in [0, 0.05) is 6.26 Å². The Morgan fingerprint density at radius 3 is 2.05 bits per heavy atom. The molecular weight excluding hydrogens is 308 g/mol. The summed E-state index contributed by atoms with van der Waals surface area (Å²) in [6, 6.07) is 8.49. The summed E-state index contributed by atoms with van der Waals surface area (Å²) in [6.45, 7) is 0. The van der Waals surface area contributed by atoms with Crippen molar-refractivity contribution in [3.05, 3.63) is 30.3 Å². The first kappa shape index (κ1) is 16.5. The molecule has 1 aliphatic carbocycles. The molecule has 1 fully saturated rings. The van der Waals surface area contributed by atoms with Gasteiger partial charge in [-0.05, 0) is 50.2 Å². The minimum atomic E-state index is -3.22. The molecule has 0 spiro atoms. The van der Waals surface area contributed by atoms with Gasteiger partial charge in [-0.15, -0.1) is 0 Å². The molecule has 118 valence electrons. The number of hydrogen-bond acceptors (Lipinski definition) is 4. The second kappa shape index (κ2) is 6.48. The van der Waals surface area contributed by atoms with Crippen LogP contribution >= 0.6 is 0 Å². The fourth-order valence-corrected chi connectivity index (χ4v) is 5.50. The second-order valence-electron chi connectivity index (χ2n) is 5.89. The molecule has 21 heavy (non-hydrogen) atoms. The first-order valence-electron chi connectivity index (χ1n) is 7.26. The molecule has 0 bridgehead atoms. The zero-order valence-corrected chi connectivity index (χ0v) is 13.9. The first-order valence-corrected chi connectivity index (χ1v) is 10.9. The van der Waals surface area contributed by atoms with Crippen LogP contribution in [0, 0.1) is 5.92 Å². The molecule has 1 saturated carbocycles. The molecule has 0 amide bonds. The lowest BCUT2D eigenvalue weighted by Gasteiger charge is -2.27. The Balaban J connectivity index is 1.88. The van der Waals surface area contributed by atoms with E-state index in [2.05, 4.69) is 0 Å². The van der Waals surface area contributed by atoms with E-state index < -0.39 is 19.7 Å². The van der Waals surface area contributed by atoms with Crippen LogP contribution in [0.25, 0.3) is 0 Å². The summed E-state index contributed by atoms with van der Waals surface area (Å²) in [7, 11) is -6.17. The van der Waals surface area contributed by atoms with Crippen molar-refractivity contribution in [3.8, 4) is 0 Å². The van der Waals surface area contributed by atoms with Crippen molar-refractivity contribution < 1.29 is 16.8 Å². The maximum atomic E-state index is 12.2. The van der Waals surface area contributed by atoms with Crippen LogP contribution in [0.5, 0.6) is 0 Å². The third kappa shape index (κ3) is 4.54. The lowest BCUT2D eigenvalue weighted by atomic mass is 9.87. The Bertz CT molecular complexity index is 655. The van der Waals surface area contributed by atoms with E-state index in [-0.39, 0.29) is 11.0 Å². The van der Waals surface area contributed by atoms with E-state index in [1.165, 1.54) is 6.26 Å². The summed E-state index contributed by atoms with van der Waals surface area (Å²) < 4.78 is 47.4. The van der Waals surface area contributed by atoms with Crippen LogP contribution in [-0.4, -0.2) is 34.1 Å². The highest BCUT2D eigenvalue weighted by atomic mass is 32.2. The van der Waals surface area contributed by atoms with Gasteiger partial charge in [-0.1, -0.05) is 18.2 Å². The van der Waals surface area contributed by atoms with Gasteiger partial charge in [0.2, 0.25) is 0 Å². The molecule has 1 aromatic rings. The predicted octanol–water partition coefficient (Wildman–Crippen LogP) is 2.45. The molecule has 2 rings (SSSR count). The van der Waals surface area contributed by atoms with Crippen molar-refractivity contribution in [3.63, 3.8) is 0 Å². The SMILES string of the molecule is CS(=O)(=O)C1CCC(CCS(=O)(=O)c2ccccc2)CC1. The van der Waals surface area contributed by atoms with Crippen molar-refractivity contribution in [2.75, 3.05) is 12.0 Å². The van der Waals surface area contributed by atoms with Crippen LogP contribution in [0.3, 0.4) is 0 Å². The lowest BCUT2D eigenvalue weighted by molar-refractivity contribution is 0.349. The molecule has 0 unspecified atom stereocenters. The van der Waals surface area contributed by atoms with Crippen LogP contribution < -0.4 is 0 Å². The summed E-state index contributed by atoms with van der Waals surface area (Å²) >= 11 is 0. The first-order chi connectivity index (χ1) is 9.79. The van der Waals surface area contributed by atoms with Gasteiger partial charge in [0.05, 0.1) is 15.9 Å². The van der Waals surface area contributed by atoms with Gasteiger partial charge in [-0.25, -0.2) is 16.8 Å². The van der Waals surface area contributed by atoms with Crippen LogP contribution in [0.4, 0.5) is 0 Å². The average Bonchev–Trinajstić information content (AvgIpc) is 2.46. The highest BCUT2D eigenvalue weighted by molar-refractivity contribution is 7.91. The summed E-state index contributed by atoms with van der Waals surface area (Å²) in [4.78, 5) is 0.370. The van der Waals surface area contributed by atoms with Gasteiger partial charge in [0.1, 0.15) is 9.84 Å². The average molecular weight is 330 g/mol. The maximum absolute atomic E-state index is 12.2. The molecule has 0 aromatic heterocycles. The van der Waals surface area contributed by atoms with Crippen molar-refractivity contribution in [2.24, 2.45) is 5.92 Å². The van der Waals surface area contributed by atoms with Crippen LogP contribution in [0.2, 0.25) is 0 Å². The standard InChI is InChI=1S/C15H22O4S2/c1-20(16,17)14-9-7-13(8-10-14)11-12-21(18,19)15-5-3-2-4-6-15/h2-6,13-14H,7-12H2,1H3. The largest absolute Gasteiger partial charge is 0.229 e. The normalized spacial score (nSPS) is 23.9. The zero-order chi connectivity index (χ0) is 15.5. The molecule has 0 radical (unpaired) electrons.